The van der Waals surface area contributed by atoms with Gasteiger partial charge in [0.2, 0.25) is 0 Å². The smallest absolute Gasteiger partial charge is 0.321 e. The van der Waals surface area contributed by atoms with E-state index in [2.05, 4.69) is 0 Å². The summed E-state index contributed by atoms with van der Waals surface area (Å²) in [6.07, 6.45) is -0.329. The van der Waals surface area contributed by atoms with Gasteiger partial charge in [-0.05, 0) is 31.5 Å². The number of carbonyl (C=O) groups excluding carboxylic acids is 2. The lowest BCUT2D eigenvalue weighted by Gasteiger charge is -2.19. The van der Waals surface area contributed by atoms with Gasteiger partial charge >= 0.3 is 5.97 Å². The molecule has 26 heavy (non-hydrogen) atoms. The summed E-state index contributed by atoms with van der Waals surface area (Å²) in [5, 5.41) is 0.234. The minimum atomic E-state index is -1.10. The van der Waals surface area contributed by atoms with Crippen LogP contribution in [-0.4, -0.2) is 25.0 Å². The first-order valence-electron chi connectivity index (χ1n) is 7.86. The predicted octanol–water partition coefficient (Wildman–Crippen LogP) is 4.21. The Morgan fingerprint density at radius 2 is 1.62 bits per heavy atom. The van der Waals surface area contributed by atoms with E-state index in [1.54, 1.807) is 56.3 Å². The molecule has 0 fully saturated rings. The van der Waals surface area contributed by atoms with Crippen LogP contribution in [-0.2, 0) is 14.1 Å². The van der Waals surface area contributed by atoms with Crippen LogP contribution in [0.15, 0.2) is 48.5 Å². The highest BCUT2D eigenvalue weighted by Gasteiger charge is 2.34. The molecule has 0 aliphatic heterocycles. The first-order chi connectivity index (χ1) is 12.5. The summed E-state index contributed by atoms with van der Waals surface area (Å²) in [4.78, 5) is 25.7. The van der Waals surface area contributed by atoms with Crippen molar-refractivity contribution in [1.29, 1.82) is 0 Å². The number of methoxy groups -OCH3 is 1. The van der Waals surface area contributed by atoms with Gasteiger partial charge in [-0.15, -0.1) is 0 Å². The second kappa shape index (κ2) is 10.8. The van der Waals surface area contributed by atoms with Crippen LogP contribution in [0.4, 0.5) is 0 Å². The first-order valence-corrected chi connectivity index (χ1v) is 8.82. The van der Waals surface area contributed by atoms with Crippen LogP contribution in [0.3, 0.4) is 0 Å². The second-order valence-electron chi connectivity index (χ2n) is 5.51. The molecule has 5 nitrogen and oxygen atoms in total. The van der Waals surface area contributed by atoms with E-state index in [1.807, 2.05) is 6.07 Å². The van der Waals surface area contributed by atoms with Gasteiger partial charge in [0.15, 0.2) is 5.78 Å². The van der Waals surface area contributed by atoms with E-state index < -0.39 is 17.7 Å². The average Bonchev–Trinajstić information content (AvgIpc) is 2.63. The van der Waals surface area contributed by atoms with Gasteiger partial charge in [0, 0.05) is 0 Å². The summed E-state index contributed by atoms with van der Waals surface area (Å²) in [6.45, 7) is 3.47. The third-order valence-corrected chi connectivity index (χ3v) is 3.74. The third kappa shape index (κ3) is 5.45. The summed E-state index contributed by atoms with van der Waals surface area (Å²) in [5.41, 5.74) is 0.728. The molecule has 0 saturated heterocycles. The van der Waals surface area contributed by atoms with Gasteiger partial charge in [0.05, 0.1) is 32.9 Å². The molecule has 0 N–H and O–H groups in total. The summed E-state index contributed by atoms with van der Waals surface area (Å²) in [5.74, 6) is -1.83. The number of ether oxygens (including phenoxy) is 2. The third-order valence-electron chi connectivity index (χ3n) is 3.42. The quantitative estimate of drug-likeness (QED) is 0.316. The van der Waals surface area contributed by atoms with Crippen molar-refractivity contribution in [3.05, 3.63) is 64.7 Å². The second-order valence-corrected chi connectivity index (χ2v) is 5.92. The van der Waals surface area contributed by atoms with E-state index >= 15 is 0 Å². The number of ketones is 1. The van der Waals surface area contributed by atoms with Crippen LogP contribution >= 0.6 is 20.7 Å². The molecule has 0 bridgehead atoms. The zero-order valence-corrected chi connectivity index (χ0v) is 17.1. The normalized spacial score (nSPS) is 11.3. The number of Topliss-reactive ketones (excluding diaryl/α,β-unsaturated/α-hetero) is 1. The Bertz CT molecular complexity index is 749. The van der Waals surface area contributed by atoms with E-state index in [0.29, 0.717) is 20.4 Å². The highest BCUT2D eigenvalue weighted by Crippen LogP contribution is 2.32. The molecule has 0 heterocycles. The summed E-state index contributed by atoms with van der Waals surface area (Å²) < 4.78 is 18.8. The van der Waals surface area contributed by atoms with Gasteiger partial charge in [-0.25, -0.2) is 0 Å². The lowest BCUT2D eigenvalue weighted by atomic mass is 9.90. The lowest BCUT2D eigenvalue weighted by Crippen LogP contribution is -2.27. The Hall–Kier alpha value is -2.10. The van der Waals surface area contributed by atoms with Crippen molar-refractivity contribution in [3.8, 4) is 5.75 Å². The maximum Gasteiger partial charge on any atom is 0.321 e. The molecule has 2 aromatic carbocycles. The molecule has 0 radical (unpaired) electrons. The van der Waals surface area contributed by atoms with E-state index in [-0.39, 0.29) is 16.7 Å². The Morgan fingerprint density at radius 1 is 1.00 bits per heavy atom. The van der Waals surface area contributed by atoms with Crippen molar-refractivity contribution < 1.29 is 23.6 Å². The average molecular weight is 397 g/mol. The molecule has 0 saturated carbocycles. The number of halogens is 1. The van der Waals surface area contributed by atoms with E-state index in [4.69, 9.17) is 25.6 Å². The summed E-state index contributed by atoms with van der Waals surface area (Å²) >= 11 is 6.19. The van der Waals surface area contributed by atoms with Crippen LogP contribution in [0.1, 0.15) is 35.7 Å². The van der Waals surface area contributed by atoms with Crippen molar-refractivity contribution in [2.45, 2.75) is 25.9 Å². The van der Waals surface area contributed by atoms with E-state index in [9.17, 15) is 9.59 Å². The minimum absolute atomic E-state index is 0.177. The molecular weight excluding hydrogens is 375 g/mol. The van der Waals surface area contributed by atoms with Crippen molar-refractivity contribution in [2.24, 2.45) is 0 Å². The summed E-state index contributed by atoms with van der Waals surface area (Å²) in [6, 6.07) is 13.7. The van der Waals surface area contributed by atoms with Crippen LogP contribution in [0.5, 0.6) is 5.75 Å². The number of esters is 1. The Kier molecular flexibility index (Phi) is 9.11. The Balaban J connectivity index is 0.00000163. The van der Waals surface area contributed by atoms with Crippen molar-refractivity contribution in [1.82, 2.24) is 0 Å². The monoisotopic (exact) mass is 396 g/mol. The molecule has 140 valence electrons. The summed E-state index contributed by atoms with van der Waals surface area (Å²) in [7, 11) is 2.06. The van der Waals surface area contributed by atoms with Gasteiger partial charge in [-0.1, -0.05) is 48.0 Å². The standard InChI is InChI=1S/C19H19ClO4.H3OP/c1-12(2)24-19(22)16(13-8-5-4-6-9-13)18(21)17-14(20)10-7-11-15(17)23-3;1-2/h4-12,16H,1-3H3;2H3. The SMILES string of the molecule is COc1cccc(Cl)c1C(=O)C(C(=O)OC(C)C)c1ccccc1.O=[PH3]. The largest absolute Gasteiger partial charge is 0.496 e. The van der Waals surface area contributed by atoms with Crippen molar-refractivity contribution in [2.75, 3.05) is 7.11 Å². The molecule has 0 aliphatic rings. The number of benzene rings is 2. The number of rotatable bonds is 6. The molecule has 0 aliphatic carbocycles. The fourth-order valence-electron chi connectivity index (χ4n) is 2.40. The number of hydrogen-bond acceptors (Lipinski definition) is 5. The van der Waals surface area contributed by atoms with Gasteiger partial charge in [0.25, 0.3) is 0 Å². The molecule has 2 unspecified atom stereocenters. The molecule has 0 spiro atoms. The van der Waals surface area contributed by atoms with E-state index in [1.165, 1.54) is 7.11 Å². The molecular formula is C19H22ClO5P. The maximum absolute atomic E-state index is 13.1. The highest BCUT2D eigenvalue weighted by atomic mass is 35.5. The number of hydrogen-bond donors (Lipinski definition) is 0. The molecule has 2 rings (SSSR count). The fraction of sp³-hybridized carbons (Fsp3) is 0.263. The van der Waals surface area contributed by atoms with Crippen LogP contribution < -0.4 is 4.74 Å². The van der Waals surface area contributed by atoms with Crippen molar-refractivity contribution >= 4 is 32.5 Å². The van der Waals surface area contributed by atoms with Crippen LogP contribution in [0.25, 0.3) is 0 Å². The van der Waals surface area contributed by atoms with Crippen LogP contribution in [0, 0.1) is 0 Å². The van der Waals surface area contributed by atoms with Gasteiger partial charge in [-0.2, -0.15) is 0 Å². The predicted molar refractivity (Wildman–Crippen MR) is 105 cm³/mol. The molecule has 2 atom stereocenters. The Labute approximate surface area is 159 Å². The van der Waals surface area contributed by atoms with Gasteiger partial charge in [0.1, 0.15) is 11.7 Å². The zero-order valence-electron chi connectivity index (χ0n) is 14.9. The van der Waals surface area contributed by atoms with Gasteiger partial charge in [-0.3, -0.25) is 9.59 Å². The molecule has 0 aromatic heterocycles. The van der Waals surface area contributed by atoms with Crippen molar-refractivity contribution in [3.63, 3.8) is 0 Å². The zero-order chi connectivity index (χ0) is 19.7. The fourth-order valence-corrected chi connectivity index (χ4v) is 2.66. The van der Waals surface area contributed by atoms with Crippen LogP contribution in [0.2, 0.25) is 5.02 Å². The first kappa shape index (κ1) is 21.9. The molecule has 0 amide bonds. The minimum Gasteiger partial charge on any atom is -0.496 e. The number of carbonyl (C=O) groups is 2. The highest BCUT2D eigenvalue weighted by molar-refractivity contribution is 7.00. The van der Waals surface area contributed by atoms with E-state index in [0.717, 1.165) is 0 Å². The van der Waals surface area contributed by atoms with Gasteiger partial charge < -0.3 is 14.0 Å². The maximum atomic E-state index is 13.1. The Morgan fingerprint density at radius 3 is 2.15 bits per heavy atom. The molecule has 2 aromatic rings. The lowest BCUT2D eigenvalue weighted by molar-refractivity contribution is -0.147. The topological polar surface area (TPSA) is 69.7 Å². The molecule has 7 heteroatoms.